The fraction of sp³-hybridized carbons (Fsp3) is 0.727. The van der Waals surface area contributed by atoms with E-state index in [-0.39, 0.29) is 16.5 Å². The van der Waals surface area contributed by atoms with Crippen LogP contribution in [0.2, 0.25) is 0 Å². The third-order valence-electron chi connectivity index (χ3n) is 1.88. The molecule has 0 bridgehead atoms. The number of hydrogen-bond acceptors (Lipinski definition) is 1. The van der Waals surface area contributed by atoms with E-state index in [0.29, 0.717) is 0 Å². The molecule has 0 aliphatic heterocycles. The van der Waals surface area contributed by atoms with Gasteiger partial charge in [0.25, 0.3) is 0 Å². The highest BCUT2D eigenvalue weighted by Crippen LogP contribution is 2.10. The van der Waals surface area contributed by atoms with Gasteiger partial charge in [-0.15, -0.1) is 23.2 Å². The molecule has 0 aromatic rings. The van der Waals surface area contributed by atoms with Crippen molar-refractivity contribution < 1.29 is 4.79 Å². The average Bonchev–Trinajstić information content (AvgIpc) is 2.15. The molecule has 0 spiro atoms. The second-order valence-electron chi connectivity index (χ2n) is 3.32. The molecule has 3 heteroatoms. The fourth-order valence-corrected chi connectivity index (χ4v) is 1.65. The fourth-order valence-electron chi connectivity index (χ4n) is 1.07. The van der Waals surface area contributed by atoms with Crippen LogP contribution >= 0.6 is 23.2 Å². The summed E-state index contributed by atoms with van der Waals surface area (Å²) in [6.07, 6.45) is 6.82. The van der Waals surface area contributed by atoms with Gasteiger partial charge in [0, 0.05) is 0 Å². The van der Waals surface area contributed by atoms with Crippen molar-refractivity contribution in [2.24, 2.45) is 0 Å². The monoisotopic (exact) mass is 236 g/mol. The molecule has 0 heterocycles. The van der Waals surface area contributed by atoms with Crippen molar-refractivity contribution in [2.45, 2.75) is 50.3 Å². The van der Waals surface area contributed by atoms with E-state index in [2.05, 4.69) is 6.92 Å². The Balaban J connectivity index is 3.91. The molecule has 0 aliphatic carbocycles. The van der Waals surface area contributed by atoms with Crippen LogP contribution < -0.4 is 0 Å². The molecule has 14 heavy (non-hydrogen) atoms. The maximum absolute atomic E-state index is 11.4. The lowest BCUT2D eigenvalue weighted by molar-refractivity contribution is -0.114. The Morgan fingerprint density at radius 2 is 1.79 bits per heavy atom. The molecular weight excluding hydrogens is 219 g/mol. The second-order valence-corrected chi connectivity index (χ2v) is 4.41. The van der Waals surface area contributed by atoms with Gasteiger partial charge in [0.2, 0.25) is 0 Å². The molecular formula is C11H18Cl2O. The van der Waals surface area contributed by atoms with Gasteiger partial charge in [-0.3, -0.25) is 4.79 Å². The number of allylic oxidation sites excluding steroid dienone is 2. The minimum Gasteiger partial charge on any atom is -0.293 e. The van der Waals surface area contributed by atoms with Crippen LogP contribution in [-0.2, 0) is 4.79 Å². The lowest BCUT2D eigenvalue weighted by Crippen LogP contribution is -2.11. The molecule has 0 saturated carbocycles. The molecule has 2 atom stereocenters. The van der Waals surface area contributed by atoms with Crippen LogP contribution in [0.25, 0.3) is 0 Å². The van der Waals surface area contributed by atoms with Crippen LogP contribution in [0.3, 0.4) is 0 Å². The number of carbonyl (C=O) groups excluding carboxylic acids is 1. The maximum atomic E-state index is 11.4. The summed E-state index contributed by atoms with van der Waals surface area (Å²) >= 11 is 11.8. The van der Waals surface area contributed by atoms with Crippen molar-refractivity contribution in [2.75, 3.05) is 0 Å². The van der Waals surface area contributed by atoms with Gasteiger partial charge in [0.15, 0.2) is 5.78 Å². The minimum atomic E-state index is -0.387. The quantitative estimate of drug-likeness (QED) is 0.484. The highest BCUT2D eigenvalue weighted by atomic mass is 35.5. The van der Waals surface area contributed by atoms with E-state index < -0.39 is 0 Å². The number of carbonyl (C=O) groups is 1. The van der Waals surface area contributed by atoms with Crippen molar-refractivity contribution in [3.05, 3.63) is 12.2 Å². The van der Waals surface area contributed by atoms with E-state index in [1.54, 1.807) is 6.08 Å². The van der Waals surface area contributed by atoms with E-state index in [1.165, 1.54) is 6.08 Å². The molecule has 0 fully saturated rings. The highest BCUT2D eigenvalue weighted by Gasteiger charge is 2.10. The SMILES string of the molecule is CCCC(Cl)/C=C/C(=O)C(Cl)CCC. The number of alkyl halides is 2. The maximum Gasteiger partial charge on any atom is 0.173 e. The topological polar surface area (TPSA) is 17.1 Å². The predicted molar refractivity (Wildman–Crippen MR) is 63.2 cm³/mol. The predicted octanol–water partition coefficient (Wildman–Crippen LogP) is 3.93. The molecule has 0 radical (unpaired) electrons. The number of halogens is 2. The molecule has 82 valence electrons. The molecule has 0 aliphatic rings. The zero-order valence-electron chi connectivity index (χ0n) is 8.80. The lowest BCUT2D eigenvalue weighted by atomic mass is 10.1. The minimum absolute atomic E-state index is 0.0322. The van der Waals surface area contributed by atoms with Gasteiger partial charge >= 0.3 is 0 Å². The Hall–Kier alpha value is -0.0100. The van der Waals surface area contributed by atoms with E-state index in [0.717, 1.165) is 25.7 Å². The summed E-state index contributed by atoms with van der Waals surface area (Å²) < 4.78 is 0. The zero-order chi connectivity index (χ0) is 11.0. The van der Waals surface area contributed by atoms with Crippen LogP contribution in [0, 0.1) is 0 Å². The molecule has 0 saturated heterocycles. The smallest absolute Gasteiger partial charge is 0.173 e. The third-order valence-corrected chi connectivity index (χ3v) is 2.68. The summed E-state index contributed by atoms with van der Waals surface area (Å²) in [5.74, 6) is -0.0322. The van der Waals surface area contributed by atoms with Gasteiger partial charge in [0.05, 0.1) is 10.8 Å². The number of hydrogen-bond donors (Lipinski definition) is 0. The number of ketones is 1. The van der Waals surface area contributed by atoms with Crippen LogP contribution in [0.5, 0.6) is 0 Å². The van der Waals surface area contributed by atoms with Gasteiger partial charge in [-0.1, -0.05) is 32.8 Å². The summed E-state index contributed by atoms with van der Waals surface area (Å²) in [5.41, 5.74) is 0. The van der Waals surface area contributed by atoms with Gasteiger partial charge in [0.1, 0.15) is 0 Å². The number of rotatable bonds is 7. The molecule has 0 aromatic carbocycles. The second kappa shape index (κ2) is 8.31. The first-order chi connectivity index (χ1) is 6.61. The Labute approximate surface area is 96.5 Å². The first-order valence-corrected chi connectivity index (χ1v) is 5.99. The Morgan fingerprint density at radius 1 is 1.21 bits per heavy atom. The van der Waals surface area contributed by atoms with Crippen LogP contribution in [0.15, 0.2) is 12.2 Å². The third kappa shape index (κ3) is 6.44. The van der Waals surface area contributed by atoms with E-state index in [9.17, 15) is 4.79 Å². The zero-order valence-corrected chi connectivity index (χ0v) is 10.3. The first-order valence-electron chi connectivity index (χ1n) is 5.12. The highest BCUT2D eigenvalue weighted by molar-refractivity contribution is 6.33. The molecule has 0 rings (SSSR count). The van der Waals surface area contributed by atoms with Gasteiger partial charge in [-0.25, -0.2) is 0 Å². The van der Waals surface area contributed by atoms with E-state index >= 15 is 0 Å². The lowest BCUT2D eigenvalue weighted by Gasteiger charge is -2.03. The first kappa shape index (κ1) is 14.0. The van der Waals surface area contributed by atoms with Crippen LogP contribution in [0.4, 0.5) is 0 Å². The molecule has 0 N–H and O–H groups in total. The van der Waals surface area contributed by atoms with Crippen molar-refractivity contribution >= 4 is 29.0 Å². The Bertz CT molecular complexity index is 190. The molecule has 0 aromatic heterocycles. The summed E-state index contributed by atoms with van der Waals surface area (Å²) in [6, 6.07) is 0. The van der Waals surface area contributed by atoms with Gasteiger partial charge in [-0.2, -0.15) is 0 Å². The summed E-state index contributed by atoms with van der Waals surface area (Å²) in [7, 11) is 0. The largest absolute Gasteiger partial charge is 0.293 e. The van der Waals surface area contributed by atoms with Crippen molar-refractivity contribution in [1.29, 1.82) is 0 Å². The van der Waals surface area contributed by atoms with Crippen LogP contribution in [-0.4, -0.2) is 16.5 Å². The van der Waals surface area contributed by atoms with Crippen molar-refractivity contribution in [1.82, 2.24) is 0 Å². The molecule has 2 unspecified atom stereocenters. The van der Waals surface area contributed by atoms with Gasteiger partial charge < -0.3 is 0 Å². The van der Waals surface area contributed by atoms with E-state index in [1.807, 2.05) is 6.92 Å². The van der Waals surface area contributed by atoms with Crippen molar-refractivity contribution in [3.8, 4) is 0 Å². The van der Waals surface area contributed by atoms with E-state index in [4.69, 9.17) is 23.2 Å². The summed E-state index contributed by atoms with van der Waals surface area (Å²) in [4.78, 5) is 11.4. The normalized spacial score (nSPS) is 15.7. The standard InChI is InChI=1S/C11H18Cl2O/c1-3-5-9(12)7-8-11(14)10(13)6-4-2/h7-10H,3-6H2,1-2H3/b8-7+. The Kier molecular flexibility index (Phi) is 8.30. The Morgan fingerprint density at radius 3 is 2.29 bits per heavy atom. The molecule has 0 amide bonds. The van der Waals surface area contributed by atoms with Crippen LogP contribution in [0.1, 0.15) is 39.5 Å². The molecule has 1 nitrogen and oxygen atoms in total. The summed E-state index contributed by atoms with van der Waals surface area (Å²) in [6.45, 7) is 4.07. The average molecular weight is 237 g/mol. The van der Waals surface area contributed by atoms with Gasteiger partial charge in [-0.05, 0) is 18.9 Å². The summed E-state index contributed by atoms with van der Waals surface area (Å²) in [5, 5.41) is -0.434. The van der Waals surface area contributed by atoms with Crippen molar-refractivity contribution in [3.63, 3.8) is 0 Å².